The maximum absolute atomic E-state index is 11.0. The molecule has 1 aromatic heterocycles. The van der Waals surface area contributed by atoms with Crippen LogP contribution in [0, 0.1) is 6.92 Å². The summed E-state index contributed by atoms with van der Waals surface area (Å²) in [5.74, 6) is 0.796. The van der Waals surface area contributed by atoms with Gasteiger partial charge in [-0.3, -0.25) is 9.69 Å². The zero-order valence-electron chi connectivity index (χ0n) is 9.27. The summed E-state index contributed by atoms with van der Waals surface area (Å²) in [6, 6.07) is 3.81. The van der Waals surface area contributed by atoms with Gasteiger partial charge in [0, 0.05) is 13.1 Å². The molecule has 88 valence electrons. The lowest BCUT2D eigenvalue weighted by Crippen LogP contribution is -2.49. The first-order valence-electron chi connectivity index (χ1n) is 5.29. The quantitative estimate of drug-likeness (QED) is 0.785. The van der Waals surface area contributed by atoms with Crippen LogP contribution in [0.1, 0.15) is 17.9 Å². The lowest BCUT2D eigenvalue weighted by atomic mass is 10.0. The first-order valence-corrected chi connectivity index (χ1v) is 5.29. The van der Waals surface area contributed by atoms with Crippen molar-refractivity contribution in [2.75, 3.05) is 13.1 Å². The molecule has 1 atom stereocenters. The first-order chi connectivity index (χ1) is 7.49. The highest BCUT2D eigenvalue weighted by molar-refractivity contribution is 5.79. The molecule has 0 radical (unpaired) electrons. The van der Waals surface area contributed by atoms with Crippen molar-refractivity contribution in [1.82, 2.24) is 4.90 Å². The van der Waals surface area contributed by atoms with Crippen molar-refractivity contribution in [3.63, 3.8) is 0 Å². The van der Waals surface area contributed by atoms with Crippen LogP contribution in [0.15, 0.2) is 16.5 Å². The van der Waals surface area contributed by atoms with Gasteiger partial charge in [-0.1, -0.05) is 0 Å². The van der Waals surface area contributed by atoms with Gasteiger partial charge in [-0.2, -0.15) is 0 Å². The van der Waals surface area contributed by atoms with Crippen LogP contribution in [-0.2, 0) is 11.3 Å². The Kier molecular flexibility index (Phi) is 2.73. The molecule has 3 N–H and O–H groups in total. The van der Waals surface area contributed by atoms with Crippen LogP contribution in [0.5, 0.6) is 0 Å². The minimum Gasteiger partial charge on any atom is -0.480 e. The average Bonchev–Trinajstić information content (AvgIpc) is 2.75. The highest BCUT2D eigenvalue weighted by Crippen LogP contribution is 2.21. The second-order valence-corrected chi connectivity index (χ2v) is 4.43. The molecule has 2 rings (SSSR count). The Labute approximate surface area is 93.8 Å². The van der Waals surface area contributed by atoms with Crippen LogP contribution < -0.4 is 5.73 Å². The second kappa shape index (κ2) is 3.92. The predicted octanol–water partition coefficient (Wildman–Crippen LogP) is 0.576. The zero-order valence-corrected chi connectivity index (χ0v) is 9.27. The number of nitrogens with zero attached hydrogens (tertiary/aromatic N) is 1. The van der Waals surface area contributed by atoms with Crippen molar-refractivity contribution in [1.29, 1.82) is 0 Å². The summed E-state index contributed by atoms with van der Waals surface area (Å²) in [6.07, 6.45) is 0.488. The summed E-state index contributed by atoms with van der Waals surface area (Å²) in [5, 5.41) is 8.99. The van der Waals surface area contributed by atoms with E-state index in [1.54, 1.807) is 0 Å². The van der Waals surface area contributed by atoms with Crippen molar-refractivity contribution < 1.29 is 14.3 Å². The number of rotatable bonds is 3. The average molecular weight is 224 g/mol. The summed E-state index contributed by atoms with van der Waals surface area (Å²) in [4.78, 5) is 13.0. The number of carbonyl (C=O) groups is 1. The number of nitrogens with two attached hydrogens (primary N) is 1. The highest BCUT2D eigenvalue weighted by Gasteiger charge is 2.41. The van der Waals surface area contributed by atoms with E-state index in [0.717, 1.165) is 11.5 Å². The molecule has 1 aliphatic heterocycles. The van der Waals surface area contributed by atoms with Gasteiger partial charge in [0.25, 0.3) is 0 Å². The van der Waals surface area contributed by atoms with E-state index in [2.05, 4.69) is 0 Å². The molecule has 0 aliphatic carbocycles. The van der Waals surface area contributed by atoms with E-state index in [-0.39, 0.29) is 0 Å². The van der Waals surface area contributed by atoms with E-state index in [1.165, 1.54) is 0 Å². The van der Waals surface area contributed by atoms with E-state index in [1.807, 2.05) is 24.0 Å². The Morgan fingerprint density at radius 2 is 2.44 bits per heavy atom. The van der Waals surface area contributed by atoms with Gasteiger partial charge >= 0.3 is 5.97 Å². The highest BCUT2D eigenvalue weighted by atomic mass is 16.4. The third-order valence-electron chi connectivity index (χ3n) is 2.98. The normalized spacial score (nSPS) is 26.1. The number of likely N-dealkylation sites (tertiary alicyclic amines) is 1. The van der Waals surface area contributed by atoms with Crippen LogP contribution in [0.3, 0.4) is 0 Å². The van der Waals surface area contributed by atoms with Gasteiger partial charge in [0.15, 0.2) is 0 Å². The molecule has 1 saturated heterocycles. The fraction of sp³-hybridized carbons (Fsp3) is 0.545. The summed E-state index contributed by atoms with van der Waals surface area (Å²) < 4.78 is 5.44. The molecule has 1 aliphatic rings. The molecule has 1 aromatic rings. The van der Waals surface area contributed by atoms with E-state index >= 15 is 0 Å². The van der Waals surface area contributed by atoms with Gasteiger partial charge in [0.1, 0.15) is 17.1 Å². The van der Waals surface area contributed by atoms with Gasteiger partial charge in [0.05, 0.1) is 6.54 Å². The topological polar surface area (TPSA) is 79.7 Å². The molecule has 5 nitrogen and oxygen atoms in total. The SMILES string of the molecule is Cc1ccc(CN2CCC(N)(C(=O)O)C2)o1. The Morgan fingerprint density at radius 1 is 1.69 bits per heavy atom. The maximum atomic E-state index is 11.0. The molecule has 0 amide bonds. The molecule has 16 heavy (non-hydrogen) atoms. The first kappa shape index (κ1) is 11.2. The van der Waals surface area contributed by atoms with Crippen molar-refractivity contribution in [2.24, 2.45) is 5.73 Å². The standard InChI is InChI=1S/C11H16N2O3/c1-8-2-3-9(16-8)6-13-5-4-11(12,7-13)10(14)15/h2-3H,4-7,12H2,1H3,(H,14,15). The predicted molar refractivity (Wildman–Crippen MR) is 57.9 cm³/mol. The van der Waals surface area contributed by atoms with Crippen LogP contribution in [0.25, 0.3) is 0 Å². The molecule has 5 heteroatoms. The molecule has 0 bridgehead atoms. The minimum absolute atomic E-state index is 0.377. The Bertz CT molecular complexity index is 402. The number of hydrogen-bond acceptors (Lipinski definition) is 4. The van der Waals surface area contributed by atoms with Gasteiger partial charge in [-0.05, 0) is 25.5 Å². The molecule has 1 unspecified atom stereocenters. The Balaban J connectivity index is 1.97. The smallest absolute Gasteiger partial charge is 0.325 e. The van der Waals surface area contributed by atoms with E-state index in [9.17, 15) is 4.79 Å². The fourth-order valence-electron chi connectivity index (χ4n) is 2.01. The number of carboxylic acids is 1. The van der Waals surface area contributed by atoms with Crippen LogP contribution in [-0.4, -0.2) is 34.6 Å². The van der Waals surface area contributed by atoms with Gasteiger partial charge in [-0.25, -0.2) is 0 Å². The van der Waals surface area contributed by atoms with Crippen LogP contribution >= 0.6 is 0 Å². The zero-order chi connectivity index (χ0) is 11.8. The minimum atomic E-state index is -1.10. The third-order valence-corrected chi connectivity index (χ3v) is 2.98. The third kappa shape index (κ3) is 2.10. The second-order valence-electron chi connectivity index (χ2n) is 4.43. The van der Waals surface area contributed by atoms with Crippen molar-refractivity contribution in [2.45, 2.75) is 25.4 Å². The largest absolute Gasteiger partial charge is 0.480 e. The molecule has 0 saturated carbocycles. The number of aryl methyl sites for hydroxylation is 1. The Morgan fingerprint density at radius 3 is 2.94 bits per heavy atom. The summed E-state index contributed by atoms with van der Waals surface area (Å²) in [7, 11) is 0. The molecular formula is C11H16N2O3. The summed E-state index contributed by atoms with van der Waals surface area (Å²) in [6.45, 7) is 3.59. The van der Waals surface area contributed by atoms with E-state index in [0.29, 0.717) is 26.1 Å². The van der Waals surface area contributed by atoms with E-state index in [4.69, 9.17) is 15.3 Å². The van der Waals surface area contributed by atoms with Crippen molar-refractivity contribution in [3.8, 4) is 0 Å². The van der Waals surface area contributed by atoms with E-state index < -0.39 is 11.5 Å². The molecule has 2 heterocycles. The Hall–Kier alpha value is -1.33. The number of hydrogen-bond donors (Lipinski definition) is 2. The monoisotopic (exact) mass is 224 g/mol. The molecular weight excluding hydrogens is 208 g/mol. The van der Waals surface area contributed by atoms with Crippen LogP contribution in [0.4, 0.5) is 0 Å². The number of aliphatic carboxylic acids is 1. The molecule has 1 fully saturated rings. The summed E-state index contributed by atoms with van der Waals surface area (Å²) >= 11 is 0. The lowest BCUT2D eigenvalue weighted by molar-refractivity contribution is -0.142. The van der Waals surface area contributed by atoms with Gasteiger partial charge in [0.2, 0.25) is 0 Å². The summed E-state index contributed by atoms with van der Waals surface area (Å²) in [5.41, 5.74) is 4.68. The van der Waals surface area contributed by atoms with Crippen molar-refractivity contribution in [3.05, 3.63) is 23.7 Å². The van der Waals surface area contributed by atoms with Gasteiger partial charge < -0.3 is 15.3 Å². The number of furan rings is 1. The fourth-order valence-corrected chi connectivity index (χ4v) is 2.01. The van der Waals surface area contributed by atoms with Crippen LogP contribution in [0.2, 0.25) is 0 Å². The number of carboxylic acid groups (broad SMARTS) is 1. The lowest BCUT2D eigenvalue weighted by Gasteiger charge is -2.19. The van der Waals surface area contributed by atoms with Gasteiger partial charge in [-0.15, -0.1) is 0 Å². The maximum Gasteiger partial charge on any atom is 0.325 e. The van der Waals surface area contributed by atoms with Crippen molar-refractivity contribution >= 4 is 5.97 Å². The molecule has 0 aromatic carbocycles. The molecule has 0 spiro atoms.